The van der Waals surface area contributed by atoms with Crippen LogP contribution in [0.5, 0.6) is 17.2 Å². The van der Waals surface area contributed by atoms with Gasteiger partial charge in [-0.2, -0.15) is 0 Å². The number of barbiturate groups is 1. The van der Waals surface area contributed by atoms with E-state index in [-0.39, 0.29) is 24.3 Å². The molecule has 3 aromatic rings. The quantitative estimate of drug-likeness (QED) is 0.239. The SMILES string of the molecule is CCCOc1ccc(CN2C(=O)NC(=O)/C(=C\c3ccccc3OCc3ccc(C(=O)O)cc3)C2=O)cc1OCC. The number of ether oxygens (including phenoxy) is 3. The maximum atomic E-state index is 13.4. The van der Waals surface area contributed by atoms with Crippen LogP contribution in [0.25, 0.3) is 6.08 Å². The molecular weight excluding hydrogens is 528 g/mol. The lowest BCUT2D eigenvalue weighted by molar-refractivity contribution is -0.130. The molecule has 3 aromatic carbocycles. The van der Waals surface area contributed by atoms with Gasteiger partial charge >= 0.3 is 12.0 Å². The number of hydrogen-bond acceptors (Lipinski definition) is 7. The first-order valence-corrected chi connectivity index (χ1v) is 13.1. The third-order valence-corrected chi connectivity index (χ3v) is 6.11. The van der Waals surface area contributed by atoms with Gasteiger partial charge in [0.1, 0.15) is 17.9 Å². The Bertz CT molecular complexity index is 1480. The summed E-state index contributed by atoms with van der Waals surface area (Å²) in [6.45, 7) is 4.81. The fourth-order valence-corrected chi connectivity index (χ4v) is 4.06. The second kappa shape index (κ2) is 13.3. The summed E-state index contributed by atoms with van der Waals surface area (Å²) < 4.78 is 17.3. The highest BCUT2D eigenvalue weighted by molar-refractivity contribution is 6.31. The molecule has 0 spiro atoms. The number of hydrogen-bond donors (Lipinski definition) is 2. The van der Waals surface area contributed by atoms with Crippen molar-refractivity contribution in [1.82, 2.24) is 10.2 Å². The number of amides is 4. The van der Waals surface area contributed by atoms with Gasteiger partial charge in [-0.05, 0) is 60.9 Å². The van der Waals surface area contributed by atoms with Crippen LogP contribution in [0.4, 0.5) is 4.79 Å². The van der Waals surface area contributed by atoms with Crippen molar-refractivity contribution < 1.29 is 38.5 Å². The molecule has 1 heterocycles. The van der Waals surface area contributed by atoms with Crippen LogP contribution in [0.2, 0.25) is 0 Å². The predicted molar refractivity (Wildman–Crippen MR) is 150 cm³/mol. The van der Waals surface area contributed by atoms with Crippen LogP contribution < -0.4 is 19.5 Å². The number of nitrogens with one attached hydrogen (secondary N) is 1. The van der Waals surface area contributed by atoms with E-state index in [1.807, 2.05) is 13.8 Å². The fourth-order valence-electron chi connectivity index (χ4n) is 4.06. The Morgan fingerprint density at radius 2 is 1.61 bits per heavy atom. The Morgan fingerprint density at radius 1 is 0.878 bits per heavy atom. The van der Waals surface area contributed by atoms with Crippen molar-refractivity contribution >= 4 is 29.9 Å². The standard InChI is InChI=1S/C31H30N2O8/c1-3-15-40-26-14-11-21(16-27(26)39-4-2)18-33-29(35)24(28(34)32-31(33)38)17-23-7-5-6-8-25(23)41-19-20-9-12-22(13-10-20)30(36)37/h5-14,16-17H,3-4,15,18-19H2,1-2H3,(H,36,37)(H,32,34,38)/b24-17+. The van der Waals surface area contributed by atoms with Crippen LogP contribution >= 0.6 is 0 Å². The zero-order valence-electron chi connectivity index (χ0n) is 22.7. The molecule has 1 saturated heterocycles. The molecule has 0 unspecified atom stereocenters. The van der Waals surface area contributed by atoms with Gasteiger partial charge in [0.25, 0.3) is 11.8 Å². The molecule has 10 heteroatoms. The van der Waals surface area contributed by atoms with Crippen LogP contribution in [0.15, 0.2) is 72.3 Å². The van der Waals surface area contributed by atoms with Crippen LogP contribution in [-0.4, -0.2) is 47.0 Å². The number of urea groups is 1. The lowest BCUT2D eigenvalue weighted by Crippen LogP contribution is -2.53. The summed E-state index contributed by atoms with van der Waals surface area (Å²) in [5.74, 6) is -1.12. The molecule has 0 aliphatic carbocycles. The van der Waals surface area contributed by atoms with E-state index in [4.69, 9.17) is 19.3 Å². The number of nitrogens with zero attached hydrogens (tertiary/aromatic N) is 1. The third-order valence-electron chi connectivity index (χ3n) is 6.11. The van der Waals surface area contributed by atoms with E-state index < -0.39 is 23.8 Å². The van der Waals surface area contributed by atoms with E-state index in [9.17, 15) is 19.2 Å². The van der Waals surface area contributed by atoms with Crippen LogP contribution in [-0.2, 0) is 22.7 Å². The number of para-hydroxylation sites is 1. The first-order chi connectivity index (χ1) is 19.8. The van der Waals surface area contributed by atoms with Crippen LogP contribution in [0, 0.1) is 0 Å². The van der Waals surface area contributed by atoms with E-state index in [1.165, 1.54) is 18.2 Å². The van der Waals surface area contributed by atoms with Crippen molar-refractivity contribution in [3.05, 3.63) is 94.6 Å². The Balaban J connectivity index is 1.54. The first-order valence-electron chi connectivity index (χ1n) is 13.1. The van der Waals surface area contributed by atoms with E-state index in [0.29, 0.717) is 41.6 Å². The number of rotatable bonds is 12. The van der Waals surface area contributed by atoms with Crippen molar-refractivity contribution in [2.75, 3.05) is 13.2 Å². The minimum atomic E-state index is -1.02. The molecule has 2 N–H and O–H groups in total. The second-order valence-corrected chi connectivity index (χ2v) is 9.10. The number of carboxylic acid groups (broad SMARTS) is 1. The fraction of sp³-hybridized carbons (Fsp3) is 0.226. The van der Waals surface area contributed by atoms with Gasteiger partial charge in [0, 0.05) is 5.56 Å². The van der Waals surface area contributed by atoms with Crippen molar-refractivity contribution in [3.8, 4) is 17.2 Å². The summed E-state index contributed by atoms with van der Waals surface area (Å²) >= 11 is 0. The highest BCUT2D eigenvalue weighted by Crippen LogP contribution is 2.30. The molecule has 1 aliphatic heterocycles. The van der Waals surface area contributed by atoms with Crippen molar-refractivity contribution in [2.24, 2.45) is 0 Å². The summed E-state index contributed by atoms with van der Waals surface area (Å²) in [7, 11) is 0. The number of carbonyl (C=O) groups is 4. The molecule has 1 aliphatic rings. The van der Waals surface area contributed by atoms with Gasteiger partial charge in [-0.3, -0.25) is 19.8 Å². The summed E-state index contributed by atoms with van der Waals surface area (Å²) in [6, 6.07) is 17.4. The average molecular weight is 559 g/mol. The first kappa shape index (κ1) is 28.9. The van der Waals surface area contributed by atoms with Crippen LogP contribution in [0.1, 0.15) is 47.3 Å². The lowest BCUT2D eigenvalue weighted by atomic mass is 10.1. The highest BCUT2D eigenvalue weighted by atomic mass is 16.5. The van der Waals surface area contributed by atoms with Gasteiger partial charge in [-0.25, -0.2) is 9.59 Å². The topological polar surface area (TPSA) is 131 Å². The van der Waals surface area contributed by atoms with Gasteiger partial charge in [-0.1, -0.05) is 43.3 Å². The summed E-state index contributed by atoms with van der Waals surface area (Å²) in [5, 5.41) is 11.3. The normalized spacial score (nSPS) is 14.1. The number of benzene rings is 3. The Kier molecular flexibility index (Phi) is 9.36. The molecule has 0 radical (unpaired) electrons. The van der Waals surface area contributed by atoms with Crippen molar-refractivity contribution in [1.29, 1.82) is 0 Å². The molecule has 0 aromatic heterocycles. The Morgan fingerprint density at radius 3 is 2.32 bits per heavy atom. The van der Waals surface area contributed by atoms with Gasteiger partial charge in [0.2, 0.25) is 0 Å². The molecule has 4 rings (SSSR count). The summed E-state index contributed by atoms with van der Waals surface area (Å²) in [6.07, 6.45) is 2.21. The Labute approximate surface area is 237 Å². The maximum absolute atomic E-state index is 13.4. The average Bonchev–Trinajstić information content (AvgIpc) is 2.96. The smallest absolute Gasteiger partial charge is 0.335 e. The molecule has 4 amide bonds. The Hall–Kier alpha value is -5.12. The number of carbonyl (C=O) groups excluding carboxylic acids is 3. The maximum Gasteiger partial charge on any atom is 0.335 e. The van der Waals surface area contributed by atoms with Crippen molar-refractivity contribution in [2.45, 2.75) is 33.4 Å². The van der Waals surface area contributed by atoms with Crippen molar-refractivity contribution in [3.63, 3.8) is 0 Å². The second-order valence-electron chi connectivity index (χ2n) is 9.10. The van der Waals surface area contributed by atoms with E-state index in [2.05, 4.69) is 5.32 Å². The number of imide groups is 2. The molecular formula is C31H30N2O8. The molecule has 0 atom stereocenters. The number of aromatic carboxylic acids is 1. The van der Waals surface area contributed by atoms with E-state index >= 15 is 0 Å². The lowest BCUT2D eigenvalue weighted by Gasteiger charge is -2.27. The minimum Gasteiger partial charge on any atom is -0.490 e. The highest BCUT2D eigenvalue weighted by Gasteiger charge is 2.36. The van der Waals surface area contributed by atoms with E-state index in [1.54, 1.807) is 54.6 Å². The molecule has 1 fully saturated rings. The zero-order valence-corrected chi connectivity index (χ0v) is 22.7. The molecule has 0 saturated carbocycles. The monoisotopic (exact) mass is 558 g/mol. The molecule has 41 heavy (non-hydrogen) atoms. The van der Waals surface area contributed by atoms with Gasteiger partial charge in [-0.15, -0.1) is 0 Å². The van der Waals surface area contributed by atoms with Gasteiger partial charge < -0.3 is 19.3 Å². The number of carboxylic acids is 1. The minimum absolute atomic E-state index is 0.0894. The zero-order chi connectivity index (χ0) is 29.4. The summed E-state index contributed by atoms with van der Waals surface area (Å²) in [4.78, 5) is 50.8. The van der Waals surface area contributed by atoms with E-state index in [0.717, 1.165) is 16.9 Å². The summed E-state index contributed by atoms with van der Waals surface area (Å²) in [5.41, 5.74) is 1.75. The molecule has 0 bridgehead atoms. The predicted octanol–water partition coefficient (Wildman–Crippen LogP) is 4.81. The van der Waals surface area contributed by atoms with Crippen LogP contribution in [0.3, 0.4) is 0 Å². The third kappa shape index (κ3) is 7.10. The van der Waals surface area contributed by atoms with Gasteiger partial charge in [0.05, 0.1) is 25.3 Å². The molecule has 10 nitrogen and oxygen atoms in total. The molecule has 212 valence electrons. The largest absolute Gasteiger partial charge is 0.490 e. The van der Waals surface area contributed by atoms with Gasteiger partial charge in [0.15, 0.2) is 11.5 Å².